The van der Waals surface area contributed by atoms with Gasteiger partial charge < -0.3 is 15.2 Å². The molecule has 1 fully saturated rings. The lowest BCUT2D eigenvalue weighted by molar-refractivity contribution is 0.146. The molecule has 1 aromatic rings. The van der Waals surface area contributed by atoms with Crippen molar-refractivity contribution in [2.75, 3.05) is 19.8 Å². The summed E-state index contributed by atoms with van der Waals surface area (Å²) < 4.78 is 6.70. The molecule has 0 bridgehead atoms. The summed E-state index contributed by atoms with van der Waals surface area (Å²) in [6.45, 7) is 2.54. The topological polar surface area (TPSA) is 41.5 Å². The Morgan fingerprint density at radius 2 is 2.35 bits per heavy atom. The SMILES string of the molecule is OCC[C@@]1(NCc2cccc(I)c2)CCOC1. The monoisotopic (exact) mass is 347 g/mol. The van der Waals surface area contributed by atoms with E-state index in [1.165, 1.54) is 9.13 Å². The largest absolute Gasteiger partial charge is 0.396 e. The Labute approximate surface area is 116 Å². The second kappa shape index (κ2) is 6.13. The van der Waals surface area contributed by atoms with Gasteiger partial charge in [-0.05, 0) is 53.1 Å². The first kappa shape index (κ1) is 13.3. The molecule has 1 aliphatic heterocycles. The number of halogens is 1. The van der Waals surface area contributed by atoms with Gasteiger partial charge in [-0.3, -0.25) is 0 Å². The Kier molecular flexibility index (Phi) is 4.78. The van der Waals surface area contributed by atoms with Gasteiger partial charge in [0.25, 0.3) is 0 Å². The van der Waals surface area contributed by atoms with E-state index in [0.717, 1.165) is 26.0 Å². The van der Waals surface area contributed by atoms with E-state index in [4.69, 9.17) is 9.84 Å². The summed E-state index contributed by atoms with van der Waals surface area (Å²) in [5.41, 5.74) is 1.25. The van der Waals surface area contributed by atoms with Crippen LogP contribution in [0.15, 0.2) is 24.3 Å². The summed E-state index contributed by atoms with van der Waals surface area (Å²) in [6.07, 6.45) is 1.74. The molecule has 1 saturated heterocycles. The zero-order valence-corrected chi connectivity index (χ0v) is 11.9. The molecule has 4 heteroatoms. The Bertz CT molecular complexity index is 364. The van der Waals surface area contributed by atoms with Gasteiger partial charge in [0.2, 0.25) is 0 Å². The summed E-state index contributed by atoms with van der Waals surface area (Å²) in [7, 11) is 0. The van der Waals surface area contributed by atoms with Crippen molar-refractivity contribution >= 4 is 22.6 Å². The molecular formula is C13H18INO2. The van der Waals surface area contributed by atoms with Crippen molar-refractivity contribution in [3.8, 4) is 0 Å². The van der Waals surface area contributed by atoms with Crippen LogP contribution in [0.1, 0.15) is 18.4 Å². The minimum Gasteiger partial charge on any atom is -0.396 e. The molecule has 0 radical (unpaired) electrons. The number of aliphatic hydroxyl groups is 1. The van der Waals surface area contributed by atoms with Gasteiger partial charge in [0.15, 0.2) is 0 Å². The number of ether oxygens (including phenoxy) is 1. The van der Waals surface area contributed by atoms with Crippen LogP contribution in [-0.4, -0.2) is 30.5 Å². The third-order valence-corrected chi connectivity index (χ3v) is 3.92. The number of aliphatic hydroxyl groups excluding tert-OH is 1. The molecule has 0 aromatic heterocycles. The average Bonchev–Trinajstić information content (AvgIpc) is 2.76. The fourth-order valence-electron chi connectivity index (χ4n) is 2.18. The number of benzene rings is 1. The second-order valence-corrected chi connectivity index (χ2v) is 5.79. The molecule has 3 nitrogen and oxygen atoms in total. The zero-order chi connectivity index (χ0) is 12.1. The van der Waals surface area contributed by atoms with Gasteiger partial charge in [-0.25, -0.2) is 0 Å². The summed E-state index contributed by atoms with van der Waals surface area (Å²) in [6, 6.07) is 8.46. The summed E-state index contributed by atoms with van der Waals surface area (Å²) in [5, 5.41) is 12.7. The molecule has 94 valence electrons. The highest BCUT2D eigenvalue weighted by atomic mass is 127. The zero-order valence-electron chi connectivity index (χ0n) is 9.79. The molecule has 2 rings (SSSR count). The van der Waals surface area contributed by atoms with Crippen molar-refractivity contribution in [2.24, 2.45) is 0 Å². The van der Waals surface area contributed by atoms with E-state index in [1.807, 2.05) is 0 Å². The molecule has 0 saturated carbocycles. The van der Waals surface area contributed by atoms with Crippen LogP contribution in [0.5, 0.6) is 0 Å². The molecule has 0 spiro atoms. The Morgan fingerprint density at radius 3 is 3.00 bits per heavy atom. The number of hydrogen-bond donors (Lipinski definition) is 2. The van der Waals surface area contributed by atoms with Gasteiger partial charge in [0.1, 0.15) is 0 Å². The van der Waals surface area contributed by atoms with Crippen LogP contribution in [0.25, 0.3) is 0 Å². The van der Waals surface area contributed by atoms with Crippen molar-refractivity contribution in [3.05, 3.63) is 33.4 Å². The molecule has 0 amide bonds. The first-order valence-corrected chi connectivity index (χ1v) is 7.00. The van der Waals surface area contributed by atoms with Crippen LogP contribution in [0.2, 0.25) is 0 Å². The van der Waals surface area contributed by atoms with Crippen molar-refractivity contribution < 1.29 is 9.84 Å². The predicted molar refractivity (Wildman–Crippen MR) is 75.9 cm³/mol. The van der Waals surface area contributed by atoms with Gasteiger partial charge >= 0.3 is 0 Å². The quantitative estimate of drug-likeness (QED) is 0.800. The maximum absolute atomic E-state index is 9.14. The van der Waals surface area contributed by atoms with E-state index in [9.17, 15) is 0 Å². The Balaban J connectivity index is 1.95. The lowest BCUT2D eigenvalue weighted by Crippen LogP contribution is -2.46. The standard InChI is InChI=1S/C13H18INO2/c14-12-3-1-2-11(8-12)9-15-13(4-6-16)5-7-17-10-13/h1-3,8,15-16H,4-7,9-10H2/t13-/m1/s1. The van der Waals surface area contributed by atoms with E-state index in [2.05, 4.69) is 52.2 Å². The van der Waals surface area contributed by atoms with Gasteiger partial charge in [-0.2, -0.15) is 0 Å². The fourth-order valence-corrected chi connectivity index (χ4v) is 2.79. The minimum absolute atomic E-state index is 0.0317. The molecule has 0 aliphatic carbocycles. The predicted octanol–water partition coefficient (Wildman–Crippen LogP) is 1.92. The third-order valence-electron chi connectivity index (χ3n) is 3.25. The van der Waals surface area contributed by atoms with Crippen LogP contribution >= 0.6 is 22.6 Å². The third kappa shape index (κ3) is 3.64. The molecule has 1 heterocycles. The normalized spacial score (nSPS) is 24.1. The highest BCUT2D eigenvalue weighted by Crippen LogP contribution is 2.23. The maximum Gasteiger partial charge on any atom is 0.0650 e. The van der Waals surface area contributed by atoms with E-state index in [-0.39, 0.29) is 12.1 Å². The van der Waals surface area contributed by atoms with Gasteiger partial charge in [0, 0.05) is 28.9 Å². The first-order valence-electron chi connectivity index (χ1n) is 5.92. The smallest absolute Gasteiger partial charge is 0.0650 e. The van der Waals surface area contributed by atoms with Gasteiger partial charge in [0.05, 0.1) is 6.61 Å². The van der Waals surface area contributed by atoms with E-state index in [1.54, 1.807) is 0 Å². The molecule has 2 N–H and O–H groups in total. The lowest BCUT2D eigenvalue weighted by atomic mass is 9.94. The number of nitrogens with one attached hydrogen (secondary N) is 1. The van der Waals surface area contributed by atoms with Crippen molar-refractivity contribution in [1.29, 1.82) is 0 Å². The number of hydrogen-bond acceptors (Lipinski definition) is 3. The maximum atomic E-state index is 9.14. The summed E-state index contributed by atoms with van der Waals surface area (Å²) in [4.78, 5) is 0. The molecule has 1 atom stereocenters. The molecule has 1 aliphatic rings. The fraction of sp³-hybridized carbons (Fsp3) is 0.538. The van der Waals surface area contributed by atoms with E-state index >= 15 is 0 Å². The van der Waals surface area contributed by atoms with Crippen molar-refractivity contribution in [2.45, 2.75) is 24.9 Å². The molecule has 17 heavy (non-hydrogen) atoms. The van der Waals surface area contributed by atoms with E-state index in [0.29, 0.717) is 6.61 Å². The summed E-state index contributed by atoms with van der Waals surface area (Å²) in [5.74, 6) is 0. The van der Waals surface area contributed by atoms with Crippen LogP contribution in [0.4, 0.5) is 0 Å². The van der Waals surface area contributed by atoms with Crippen LogP contribution < -0.4 is 5.32 Å². The Morgan fingerprint density at radius 1 is 1.47 bits per heavy atom. The second-order valence-electron chi connectivity index (χ2n) is 4.54. The van der Waals surface area contributed by atoms with Crippen LogP contribution in [-0.2, 0) is 11.3 Å². The number of rotatable bonds is 5. The van der Waals surface area contributed by atoms with Gasteiger partial charge in [-0.1, -0.05) is 12.1 Å². The van der Waals surface area contributed by atoms with Crippen LogP contribution in [0.3, 0.4) is 0 Å². The lowest BCUT2D eigenvalue weighted by Gasteiger charge is -2.28. The molecule has 0 unspecified atom stereocenters. The molecule has 1 aromatic carbocycles. The molecular weight excluding hydrogens is 329 g/mol. The summed E-state index contributed by atoms with van der Waals surface area (Å²) >= 11 is 2.32. The Hall–Kier alpha value is -0.170. The highest BCUT2D eigenvalue weighted by Gasteiger charge is 2.33. The minimum atomic E-state index is -0.0317. The van der Waals surface area contributed by atoms with Crippen molar-refractivity contribution in [1.82, 2.24) is 5.32 Å². The highest BCUT2D eigenvalue weighted by molar-refractivity contribution is 14.1. The average molecular weight is 347 g/mol. The van der Waals surface area contributed by atoms with Gasteiger partial charge in [-0.15, -0.1) is 0 Å². The van der Waals surface area contributed by atoms with Crippen LogP contribution in [0, 0.1) is 3.57 Å². The first-order chi connectivity index (χ1) is 8.24. The van der Waals surface area contributed by atoms with E-state index < -0.39 is 0 Å². The van der Waals surface area contributed by atoms with Crippen molar-refractivity contribution in [3.63, 3.8) is 0 Å².